The Labute approximate surface area is 77.5 Å². The maximum Gasteiger partial charge on any atom is 0.0468 e. The zero-order chi connectivity index (χ0) is 9.23. The summed E-state index contributed by atoms with van der Waals surface area (Å²) < 4.78 is 5.36. The topological polar surface area (TPSA) is 9.23 Å². The Balaban J connectivity index is 3.34. The van der Waals surface area contributed by atoms with Gasteiger partial charge >= 0.3 is 0 Å². The van der Waals surface area contributed by atoms with Gasteiger partial charge in [-0.05, 0) is 19.3 Å². The molecular formula is C11H24O. The molecule has 0 radical (unpaired) electrons. The molecule has 0 heterocycles. The maximum atomic E-state index is 5.36. The Bertz CT molecular complexity index is 75.1. The lowest BCUT2D eigenvalue weighted by molar-refractivity contribution is 0.128. The third kappa shape index (κ3) is 6.66. The normalized spacial score (nSPS) is 11.0. The summed E-state index contributed by atoms with van der Waals surface area (Å²) in [7, 11) is 0. The van der Waals surface area contributed by atoms with E-state index in [-0.39, 0.29) is 0 Å². The molecule has 0 aromatic rings. The summed E-state index contributed by atoms with van der Waals surface area (Å²) in [4.78, 5) is 0. The Morgan fingerprint density at radius 2 is 1.50 bits per heavy atom. The van der Waals surface area contributed by atoms with Crippen LogP contribution in [0.1, 0.15) is 52.9 Å². The zero-order valence-corrected chi connectivity index (χ0v) is 8.94. The Morgan fingerprint density at radius 1 is 0.917 bits per heavy atom. The molecule has 12 heavy (non-hydrogen) atoms. The predicted molar refractivity (Wildman–Crippen MR) is 54.4 cm³/mol. The summed E-state index contributed by atoms with van der Waals surface area (Å²) in [6, 6.07) is 0. The van der Waals surface area contributed by atoms with Gasteiger partial charge in [-0.25, -0.2) is 0 Å². The quantitative estimate of drug-likeness (QED) is 0.508. The summed E-state index contributed by atoms with van der Waals surface area (Å²) in [5, 5.41) is 0. The van der Waals surface area contributed by atoms with Crippen molar-refractivity contribution in [3.63, 3.8) is 0 Å². The first-order valence-electron chi connectivity index (χ1n) is 5.42. The first kappa shape index (κ1) is 12.0. The maximum absolute atomic E-state index is 5.36. The minimum atomic E-state index is 0.866. The summed E-state index contributed by atoms with van der Waals surface area (Å²) in [6.45, 7) is 8.42. The molecule has 0 spiro atoms. The highest BCUT2D eigenvalue weighted by atomic mass is 16.5. The highest BCUT2D eigenvalue weighted by Crippen LogP contribution is 2.17. The minimum Gasteiger partial charge on any atom is -0.382 e. The molecule has 0 saturated carbocycles. The van der Waals surface area contributed by atoms with Crippen LogP contribution in [0.25, 0.3) is 0 Å². The van der Waals surface area contributed by atoms with Gasteiger partial charge in [0.2, 0.25) is 0 Å². The SMILES string of the molecule is CCCC(CCC)CCOCC. The van der Waals surface area contributed by atoms with E-state index in [9.17, 15) is 0 Å². The van der Waals surface area contributed by atoms with Crippen LogP contribution in [0.3, 0.4) is 0 Å². The van der Waals surface area contributed by atoms with Gasteiger partial charge in [-0.15, -0.1) is 0 Å². The lowest BCUT2D eigenvalue weighted by Gasteiger charge is -2.14. The van der Waals surface area contributed by atoms with Crippen molar-refractivity contribution in [3.05, 3.63) is 0 Å². The van der Waals surface area contributed by atoms with Crippen molar-refractivity contribution in [1.29, 1.82) is 0 Å². The van der Waals surface area contributed by atoms with Crippen molar-refractivity contribution in [3.8, 4) is 0 Å². The highest BCUT2D eigenvalue weighted by Gasteiger charge is 2.05. The van der Waals surface area contributed by atoms with Crippen molar-refractivity contribution in [2.24, 2.45) is 5.92 Å². The molecule has 0 fully saturated rings. The summed E-state index contributed by atoms with van der Waals surface area (Å²) in [6.07, 6.45) is 6.64. The number of hydrogen-bond acceptors (Lipinski definition) is 1. The molecule has 74 valence electrons. The van der Waals surface area contributed by atoms with Gasteiger partial charge in [0.1, 0.15) is 0 Å². The van der Waals surface area contributed by atoms with E-state index in [4.69, 9.17) is 4.74 Å². The largest absolute Gasteiger partial charge is 0.382 e. The van der Waals surface area contributed by atoms with Crippen molar-refractivity contribution in [2.75, 3.05) is 13.2 Å². The molecule has 0 bridgehead atoms. The van der Waals surface area contributed by atoms with E-state index < -0.39 is 0 Å². The van der Waals surface area contributed by atoms with E-state index in [2.05, 4.69) is 20.8 Å². The molecule has 0 amide bonds. The van der Waals surface area contributed by atoms with Crippen LogP contribution >= 0.6 is 0 Å². The monoisotopic (exact) mass is 172 g/mol. The van der Waals surface area contributed by atoms with Crippen LogP contribution in [0.5, 0.6) is 0 Å². The molecule has 1 nitrogen and oxygen atoms in total. The van der Waals surface area contributed by atoms with E-state index in [0.717, 1.165) is 19.1 Å². The fourth-order valence-corrected chi connectivity index (χ4v) is 1.64. The van der Waals surface area contributed by atoms with Crippen LogP contribution in [-0.4, -0.2) is 13.2 Å². The van der Waals surface area contributed by atoms with Crippen LogP contribution < -0.4 is 0 Å². The second-order valence-corrected chi connectivity index (χ2v) is 3.43. The van der Waals surface area contributed by atoms with E-state index in [0.29, 0.717) is 0 Å². The Kier molecular flexibility index (Phi) is 9.02. The third-order valence-corrected chi connectivity index (χ3v) is 2.27. The minimum absolute atomic E-state index is 0.866. The molecule has 0 atom stereocenters. The summed E-state index contributed by atoms with van der Waals surface area (Å²) in [5.74, 6) is 0.909. The molecule has 0 aliphatic heterocycles. The lowest BCUT2D eigenvalue weighted by atomic mass is 9.95. The summed E-state index contributed by atoms with van der Waals surface area (Å²) in [5.41, 5.74) is 0. The van der Waals surface area contributed by atoms with Gasteiger partial charge in [0.25, 0.3) is 0 Å². The van der Waals surface area contributed by atoms with E-state index in [1.165, 1.54) is 32.1 Å². The predicted octanol–water partition coefficient (Wildman–Crippen LogP) is 3.63. The smallest absolute Gasteiger partial charge is 0.0468 e. The number of ether oxygens (including phenoxy) is 1. The van der Waals surface area contributed by atoms with Crippen molar-refractivity contribution < 1.29 is 4.74 Å². The van der Waals surface area contributed by atoms with Gasteiger partial charge in [-0.3, -0.25) is 0 Å². The van der Waals surface area contributed by atoms with Crippen molar-refractivity contribution >= 4 is 0 Å². The van der Waals surface area contributed by atoms with Crippen LogP contribution in [0.2, 0.25) is 0 Å². The molecule has 0 unspecified atom stereocenters. The lowest BCUT2D eigenvalue weighted by Crippen LogP contribution is -2.05. The number of hydrogen-bond donors (Lipinski definition) is 0. The fraction of sp³-hybridized carbons (Fsp3) is 1.00. The molecule has 0 aliphatic rings. The van der Waals surface area contributed by atoms with Crippen LogP contribution in [0, 0.1) is 5.92 Å². The average Bonchev–Trinajstić information content (AvgIpc) is 2.06. The molecule has 0 aromatic heterocycles. The molecule has 0 N–H and O–H groups in total. The van der Waals surface area contributed by atoms with E-state index >= 15 is 0 Å². The average molecular weight is 172 g/mol. The van der Waals surface area contributed by atoms with Crippen LogP contribution in [0.4, 0.5) is 0 Å². The summed E-state index contributed by atoms with van der Waals surface area (Å²) >= 11 is 0. The van der Waals surface area contributed by atoms with Crippen LogP contribution in [-0.2, 0) is 4.74 Å². The van der Waals surface area contributed by atoms with Gasteiger partial charge in [0.15, 0.2) is 0 Å². The third-order valence-electron chi connectivity index (χ3n) is 2.27. The fourth-order valence-electron chi connectivity index (χ4n) is 1.64. The molecule has 0 rings (SSSR count). The zero-order valence-electron chi connectivity index (χ0n) is 8.94. The first-order chi connectivity index (χ1) is 5.85. The van der Waals surface area contributed by atoms with Gasteiger partial charge < -0.3 is 4.74 Å². The first-order valence-corrected chi connectivity index (χ1v) is 5.42. The van der Waals surface area contributed by atoms with E-state index in [1.54, 1.807) is 0 Å². The molecule has 0 aromatic carbocycles. The Morgan fingerprint density at radius 3 is 1.92 bits per heavy atom. The second kappa shape index (κ2) is 9.05. The van der Waals surface area contributed by atoms with Gasteiger partial charge in [0, 0.05) is 13.2 Å². The molecule has 1 heteroatoms. The second-order valence-electron chi connectivity index (χ2n) is 3.43. The van der Waals surface area contributed by atoms with Gasteiger partial charge in [0.05, 0.1) is 0 Å². The van der Waals surface area contributed by atoms with Crippen LogP contribution in [0.15, 0.2) is 0 Å². The Hall–Kier alpha value is -0.0400. The van der Waals surface area contributed by atoms with E-state index in [1.807, 2.05) is 0 Å². The van der Waals surface area contributed by atoms with Gasteiger partial charge in [-0.1, -0.05) is 39.5 Å². The highest BCUT2D eigenvalue weighted by molar-refractivity contribution is 4.57. The number of rotatable bonds is 8. The molecule has 0 aliphatic carbocycles. The molecule has 0 saturated heterocycles. The van der Waals surface area contributed by atoms with Crippen molar-refractivity contribution in [2.45, 2.75) is 52.9 Å². The van der Waals surface area contributed by atoms with Crippen molar-refractivity contribution in [1.82, 2.24) is 0 Å². The van der Waals surface area contributed by atoms with Gasteiger partial charge in [-0.2, -0.15) is 0 Å². The standard InChI is InChI=1S/C11H24O/c1-4-7-11(8-5-2)9-10-12-6-3/h11H,4-10H2,1-3H3. The molecular weight excluding hydrogens is 148 g/mol.